The maximum absolute atomic E-state index is 9.65. The standard InChI is InChI=1S/Mg.H2O4S/c;1-4-5(2)3/h;1H,(H,2,3). The fourth-order valence-electron chi connectivity index (χ4n) is 0. The van der Waals surface area contributed by atoms with E-state index in [9.17, 15) is 4.21 Å². The average Bonchev–Trinajstić information content (AvgIpc) is 1.35. The fraction of sp³-hybridized carbons (Fsp3) is 0. The first-order valence-corrected chi connectivity index (χ1v) is 4.33. The van der Waals surface area contributed by atoms with Crippen molar-refractivity contribution in [3.8, 4) is 0 Å². The van der Waals surface area contributed by atoms with Crippen LogP contribution in [0.4, 0.5) is 0 Å². The van der Waals surface area contributed by atoms with Crippen LogP contribution in [0.15, 0.2) is 0 Å². The number of rotatable bonds is 1. The molecule has 0 aliphatic heterocycles. The zero-order valence-electron chi connectivity index (χ0n) is 2.83. The molecule has 0 aliphatic carbocycles. The molecule has 34 valence electrons. The monoisotopic (exact) mass is 122 g/mol. The van der Waals surface area contributed by atoms with Crippen molar-refractivity contribution < 1.29 is 18.4 Å². The maximum atomic E-state index is 9.65. The zero-order chi connectivity index (χ0) is 5.21. The minimum atomic E-state index is -3.33. The molecule has 0 aromatic rings. The van der Waals surface area contributed by atoms with Crippen LogP contribution in [-0.4, -0.2) is 33.8 Å². The van der Waals surface area contributed by atoms with E-state index in [1.165, 1.54) is 0 Å². The molecule has 0 spiro atoms. The molecule has 0 saturated carbocycles. The summed E-state index contributed by atoms with van der Waals surface area (Å²) < 4.78 is 20.6. The van der Waals surface area contributed by atoms with Gasteiger partial charge in [-0.3, -0.25) is 0 Å². The van der Waals surface area contributed by atoms with Crippen LogP contribution in [0.25, 0.3) is 0 Å². The Kier molecular flexibility index (Phi) is 2.48. The molecule has 1 unspecified atom stereocenters. The summed E-state index contributed by atoms with van der Waals surface area (Å²) in [5.41, 5.74) is 0. The van der Waals surface area contributed by atoms with Crippen LogP contribution in [0.2, 0.25) is 0 Å². The molecular formula is H2MgO4S. The molecule has 0 aromatic heterocycles. The van der Waals surface area contributed by atoms with Crippen molar-refractivity contribution in [2.24, 2.45) is 0 Å². The molecule has 0 heterocycles. The molecule has 6 heteroatoms. The Balaban J connectivity index is 3.85. The van der Waals surface area contributed by atoms with Crippen molar-refractivity contribution in [2.45, 2.75) is 0 Å². The van der Waals surface area contributed by atoms with Crippen LogP contribution < -0.4 is 0 Å². The van der Waals surface area contributed by atoms with Crippen molar-refractivity contribution >= 4 is 27.1 Å². The second kappa shape index (κ2) is 2.19. The van der Waals surface area contributed by atoms with E-state index < -0.39 is 7.32 Å². The van der Waals surface area contributed by atoms with E-state index in [4.69, 9.17) is 9.81 Å². The summed E-state index contributed by atoms with van der Waals surface area (Å²) in [6, 6.07) is 0. The second-order valence-corrected chi connectivity index (χ2v) is 4.16. The van der Waals surface area contributed by atoms with Gasteiger partial charge in [-0.15, -0.1) is 0 Å². The Labute approximate surface area is 45.8 Å². The van der Waals surface area contributed by atoms with Crippen molar-refractivity contribution in [1.29, 1.82) is 0 Å². The van der Waals surface area contributed by atoms with Crippen LogP contribution in [0, 0.1) is 0 Å². The molecule has 2 N–H and O–H groups in total. The van der Waals surface area contributed by atoms with Gasteiger partial charge in [0.05, 0.1) is 0 Å². The van der Waals surface area contributed by atoms with Crippen molar-refractivity contribution in [1.82, 2.24) is 0 Å². The fourth-order valence-corrected chi connectivity index (χ4v) is 0. The molecule has 0 radical (unpaired) electrons. The molecule has 0 bridgehead atoms. The molecule has 0 amide bonds. The Bertz CT molecular complexity index is 110. The first kappa shape index (κ1) is 6.80. The summed E-state index contributed by atoms with van der Waals surface area (Å²) in [6.45, 7) is 0. The quantitative estimate of drug-likeness (QED) is 0.272. The van der Waals surface area contributed by atoms with Gasteiger partial charge in [0.2, 0.25) is 0 Å². The van der Waals surface area contributed by atoms with E-state index in [0.717, 1.165) is 0 Å². The summed E-state index contributed by atoms with van der Waals surface area (Å²) in [7, 11) is -3.33. The topological polar surface area (TPSA) is 66.8 Å². The Hall–Kier alpha value is 0.796. The van der Waals surface area contributed by atoms with Gasteiger partial charge in [0, 0.05) is 0 Å². The molecule has 4 nitrogen and oxygen atoms in total. The first-order chi connectivity index (χ1) is 2.56. The third-order valence-corrected chi connectivity index (χ3v) is 0.666. The number of hydrogen-bond acceptors (Lipinski definition) is 3. The zero-order valence-corrected chi connectivity index (χ0v) is 5.06. The predicted molar refractivity (Wildman–Crippen MR) is 20.2 cm³/mol. The van der Waals surface area contributed by atoms with Gasteiger partial charge < -0.3 is 0 Å². The minimum absolute atomic E-state index is 0.671. The molecule has 0 fully saturated rings. The van der Waals surface area contributed by atoms with Crippen molar-refractivity contribution in [3.05, 3.63) is 0 Å². The SMILES string of the molecule is O=[S](O)(=[Mg])OO. The molecule has 0 rings (SSSR count). The Morgan fingerprint density at radius 2 is 2.00 bits per heavy atom. The van der Waals surface area contributed by atoms with Crippen LogP contribution >= 0.6 is 0 Å². The van der Waals surface area contributed by atoms with E-state index >= 15 is 0 Å². The van der Waals surface area contributed by atoms with E-state index in [-0.39, 0.29) is 0 Å². The third kappa shape index (κ3) is 4.80. The summed E-state index contributed by atoms with van der Waals surface area (Å²) in [5, 5.41) is 7.38. The van der Waals surface area contributed by atoms with E-state index in [2.05, 4.69) is 4.33 Å². The second-order valence-electron chi connectivity index (χ2n) is 0.656. The predicted octanol–water partition coefficient (Wildman–Crippen LogP) is -0.768. The Morgan fingerprint density at radius 3 is 2.00 bits per heavy atom. The molecule has 0 aliphatic rings. The van der Waals surface area contributed by atoms with Crippen molar-refractivity contribution in [3.63, 3.8) is 0 Å². The average molecular weight is 122 g/mol. The molecular weight excluding hydrogens is 120 g/mol. The third-order valence-electron chi connectivity index (χ3n) is 0.116. The molecule has 1 atom stereocenters. The van der Waals surface area contributed by atoms with Gasteiger partial charge >= 0.3 is 45.5 Å². The molecule has 6 heavy (non-hydrogen) atoms. The van der Waals surface area contributed by atoms with Crippen LogP contribution in [0.1, 0.15) is 0 Å². The Morgan fingerprint density at radius 1 is 1.83 bits per heavy atom. The van der Waals surface area contributed by atoms with Crippen LogP contribution in [0.3, 0.4) is 0 Å². The van der Waals surface area contributed by atoms with Gasteiger partial charge in [-0.1, -0.05) is 0 Å². The summed E-state index contributed by atoms with van der Waals surface area (Å²) in [5.74, 6) is 0. The number of hydrogen-bond donors (Lipinski definition) is 2. The summed E-state index contributed by atoms with van der Waals surface area (Å²) >= 11 is 0.671. The van der Waals surface area contributed by atoms with Gasteiger partial charge in [-0.2, -0.15) is 0 Å². The normalized spacial score (nSPS) is 20.0. The van der Waals surface area contributed by atoms with Crippen LogP contribution in [0.5, 0.6) is 0 Å². The molecule has 0 saturated heterocycles. The van der Waals surface area contributed by atoms with Gasteiger partial charge in [0.25, 0.3) is 0 Å². The van der Waals surface area contributed by atoms with Gasteiger partial charge in [-0.25, -0.2) is 0 Å². The van der Waals surface area contributed by atoms with Gasteiger partial charge in [-0.05, 0) is 0 Å². The van der Waals surface area contributed by atoms with E-state index in [1.54, 1.807) is 0 Å². The van der Waals surface area contributed by atoms with Gasteiger partial charge in [0.15, 0.2) is 0 Å². The summed E-state index contributed by atoms with van der Waals surface area (Å²) in [6.07, 6.45) is 0. The van der Waals surface area contributed by atoms with Crippen LogP contribution in [-0.2, 0) is 11.7 Å². The van der Waals surface area contributed by atoms with Gasteiger partial charge in [0.1, 0.15) is 0 Å². The molecule has 0 aromatic carbocycles. The van der Waals surface area contributed by atoms with E-state index in [1.807, 2.05) is 0 Å². The van der Waals surface area contributed by atoms with Crippen molar-refractivity contribution in [2.75, 3.05) is 0 Å². The first-order valence-electron chi connectivity index (χ1n) is 0.987. The van der Waals surface area contributed by atoms with E-state index in [0.29, 0.717) is 19.8 Å². The summed E-state index contributed by atoms with van der Waals surface area (Å²) in [4.78, 5) is 0.